The molecule has 0 spiro atoms. The Bertz CT molecular complexity index is 660. The molecule has 2 atom stereocenters. The van der Waals surface area contributed by atoms with Gasteiger partial charge in [-0.3, -0.25) is 0 Å². The second kappa shape index (κ2) is 10.7. The summed E-state index contributed by atoms with van der Waals surface area (Å²) in [6.07, 6.45) is 4.74. The van der Waals surface area contributed by atoms with Crippen LogP contribution in [-0.2, 0) is 27.4 Å². The molecule has 150 valence electrons. The molecule has 0 saturated carbocycles. The van der Waals surface area contributed by atoms with Crippen molar-refractivity contribution in [3.05, 3.63) is 72.0 Å². The molecule has 3 rings (SSSR count). The smallest absolute Gasteiger partial charge is 0.126 e. The van der Waals surface area contributed by atoms with Crippen molar-refractivity contribution in [2.75, 3.05) is 27.4 Å². The number of hydrogen-bond donors (Lipinski definition) is 0. The van der Waals surface area contributed by atoms with Gasteiger partial charge in [0.15, 0.2) is 0 Å². The number of hydrogen-bond acceptors (Lipinski definition) is 5. The number of allylic oxidation sites excluding steroid dienone is 1. The molecule has 1 aliphatic heterocycles. The van der Waals surface area contributed by atoms with Crippen LogP contribution in [0, 0.1) is 5.92 Å². The zero-order valence-electron chi connectivity index (χ0n) is 16.5. The molecule has 0 N–H and O–H groups in total. The summed E-state index contributed by atoms with van der Waals surface area (Å²) in [6.45, 7) is 2.29. The quantitative estimate of drug-likeness (QED) is 0.609. The maximum atomic E-state index is 5.93. The monoisotopic (exact) mass is 384 g/mol. The molecular formula is C23H28O5. The SMILES string of the molecule is COc1ccc(COC[C@@H]2CC=CO[C@H]2COCc2ccc(OC)cc2)cc1. The van der Waals surface area contributed by atoms with Gasteiger partial charge < -0.3 is 23.7 Å². The molecule has 0 saturated heterocycles. The van der Waals surface area contributed by atoms with Crippen molar-refractivity contribution >= 4 is 0 Å². The lowest BCUT2D eigenvalue weighted by Crippen LogP contribution is -2.32. The molecule has 2 aromatic carbocycles. The molecule has 0 unspecified atom stereocenters. The molecule has 0 radical (unpaired) electrons. The molecular weight excluding hydrogens is 356 g/mol. The molecule has 5 nitrogen and oxygen atoms in total. The summed E-state index contributed by atoms with van der Waals surface area (Å²) in [5, 5.41) is 0. The first kappa shape index (κ1) is 20.2. The Labute approximate surface area is 166 Å². The van der Waals surface area contributed by atoms with Crippen LogP contribution in [0.5, 0.6) is 11.5 Å². The first-order chi connectivity index (χ1) is 13.8. The summed E-state index contributed by atoms with van der Waals surface area (Å²) in [7, 11) is 3.33. The number of methoxy groups -OCH3 is 2. The van der Waals surface area contributed by atoms with Gasteiger partial charge in [-0.1, -0.05) is 24.3 Å². The van der Waals surface area contributed by atoms with E-state index in [0.717, 1.165) is 29.0 Å². The molecule has 1 aliphatic rings. The van der Waals surface area contributed by atoms with Crippen molar-refractivity contribution in [3.63, 3.8) is 0 Å². The molecule has 0 amide bonds. The maximum Gasteiger partial charge on any atom is 0.126 e. The molecule has 5 heteroatoms. The van der Waals surface area contributed by atoms with Gasteiger partial charge in [-0.05, 0) is 47.9 Å². The molecule has 0 aromatic heterocycles. The Morgan fingerprint density at radius 2 is 1.32 bits per heavy atom. The number of benzene rings is 2. The van der Waals surface area contributed by atoms with Crippen LogP contribution in [0.4, 0.5) is 0 Å². The fourth-order valence-electron chi connectivity index (χ4n) is 3.07. The Morgan fingerprint density at radius 3 is 1.86 bits per heavy atom. The summed E-state index contributed by atoms with van der Waals surface area (Å²) in [6, 6.07) is 15.8. The number of ether oxygens (including phenoxy) is 5. The second-order valence-corrected chi connectivity index (χ2v) is 6.77. The standard InChI is InChI=1S/C23H28O5/c1-24-21-9-5-18(6-10-21)14-26-16-20-4-3-13-28-23(20)17-27-15-19-7-11-22(25-2)12-8-19/h3,5-13,20,23H,4,14-17H2,1-2H3/t20-,23-/m0/s1. The molecule has 0 bridgehead atoms. The lowest BCUT2D eigenvalue weighted by atomic mass is 9.98. The van der Waals surface area contributed by atoms with E-state index in [1.807, 2.05) is 54.6 Å². The van der Waals surface area contributed by atoms with E-state index in [-0.39, 0.29) is 12.0 Å². The van der Waals surface area contributed by atoms with Gasteiger partial charge in [0.1, 0.15) is 17.6 Å². The van der Waals surface area contributed by atoms with Crippen molar-refractivity contribution in [2.45, 2.75) is 25.7 Å². The summed E-state index contributed by atoms with van der Waals surface area (Å²) < 4.78 is 27.9. The molecule has 0 fully saturated rings. The largest absolute Gasteiger partial charge is 0.497 e. The fraction of sp³-hybridized carbons (Fsp3) is 0.391. The predicted molar refractivity (Wildman–Crippen MR) is 107 cm³/mol. The van der Waals surface area contributed by atoms with Crippen LogP contribution in [0.25, 0.3) is 0 Å². The topological polar surface area (TPSA) is 46.2 Å². The first-order valence-electron chi connectivity index (χ1n) is 9.50. The van der Waals surface area contributed by atoms with E-state index < -0.39 is 0 Å². The fourth-order valence-corrected chi connectivity index (χ4v) is 3.07. The average molecular weight is 384 g/mol. The lowest BCUT2D eigenvalue weighted by molar-refractivity contribution is -0.0451. The van der Waals surface area contributed by atoms with Gasteiger partial charge >= 0.3 is 0 Å². The van der Waals surface area contributed by atoms with E-state index in [1.165, 1.54) is 0 Å². The molecule has 1 heterocycles. The Hall–Kier alpha value is -2.50. The maximum absolute atomic E-state index is 5.93. The van der Waals surface area contributed by atoms with Crippen LogP contribution in [0.1, 0.15) is 17.5 Å². The second-order valence-electron chi connectivity index (χ2n) is 6.77. The van der Waals surface area contributed by atoms with Crippen molar-refractivity contribution in [1.82, 2.24) is 0 Å². The van der Waals surface area contributed by atoms with E-state index >= 15 is 0 Å². The van der Waals surface area contributed by atoms with Crippen LogP contribution < -0.4 is 9.47 Å². The van der Waals surface area contributed by atoms with Crippen LogP contribution in [-0.4, -0.2) is 33.5 Å². The van der Waals surface area contributed by atoms with Crippen LogP contribution in [0.2, 0.25) is 0 Å². The highest BCUT2D eigenvalue weighted by atomic mass is 16.5. The van der Waals surface area contributed by atoms with E-state index in [1.54, 1.807) is 20.5 Å². The van der Waals surface area contributed by atoms with E-state index in [2.05, 4.69) is 0 Å². The van der Waals surface area contributed by atoms with Gasteiger partial charge in [0, 0.05) is 5.92 Å². The highest BCUT2D eigenvalue weighted by Crippen LogP contribution is 2.21. The Balaban J connectivity index is 1.42. The molecule has 0 aliphatic carbocycles. The predicted octanol–water partition coefficient (Wildman–Crippen LogP) is 4.36. The van der Waals surface area contributed by atoms with Crippen molar-refractivity contribution in [3.8, 4) is 11.5 Å². The van der Waals surface area contributed by atoms with E-state index in [4.69, 9.17) is 23.7 Å². The average Bonchev–Trinajstić information content (AvgIpc) is 2.76. The summed E-state index contributed by atoms with van der Waals surface area (Å²) >= 11 is 0. The van der Waals surface area contributed by atoms with Gasteiger partial charge in [-0.15, -0.1) is 0 Å². The van der Waals surface area contributed by atoms with Gasteiger partial charge in [0.05, 0.1) is 46.9 Å². The zero-order valence-corrected chi connectivity index (χ0v) is 16.5. The van der Waals surface area contributed by atoms with Crippen molar-refractivity contribution in [1.29, 1.82) is 0 Å². The van der Waals surface area contributed by atoms with E-state index in [9.17, 15) is 0 Å². The molecule has 28 heavy (non-hydrogen) atoms. The van der Waals surface area contributed by atoms with Crippen molar-refractivity contribution < 1.29 is 23.7 Å². The van der Waals surface area contributed by atoms with Crippen molar-refractivity contribution in [2.24, 2.45) is 5.92 Å². The lowest BCUT2D eigenvalue weighted by Gasteiger charge is -2.28. The highest BCUT2D eigenvalue weighted by Gasteiger charge is 2.24. The zero-order chi connectivity index (χ0) is 19.6. The minimum atomic E-state index is -0.000819. The minimum Gasteiger partial charge on any atom is -0.497 e. The van der Waals surface area contributed by atoms with E-state index in [0.29, 0.717) is 26.4 Å². The van der Waals surface area contributed by atoms with Gasteiger partial charge in [0.25, 0.3) is 0 Å². The first-order valence-corrected chi connectivity index (χ1v) is 9.50. The molecule has 2 aromatic rings. The summed E-state index contributed by atoms with van der Waals surface area (Å²) in [5.41, 5.74) is 2.24. The summed E-state index contributed by atoms with van der Waals surface area (Å²) in [5.74, 6) is 1.97. The normalized spacial score (nSPS) is 18.5. The summed E-state index contributed by atoms with van der Waals surface area (Å²) in [4.78, 5) is 0. The number of rotatable bonds is 10. The minimum absolute atomic E-state index is 0.000819. The third-order valence-electron chi connectivity index (χ3n) is 4.78. The van der Waals surface area contributed by atoms with Gasteiger partial charge in [0.2, 0.25) is 0 Å². The Kier molecular flexibility index (Phi) is 7.76. The van der Waals surface area contributed by atoms with Gasteiger partial charge in [-0.25, -0.2) is 0 Å². The van der Waals surface area contributed by atoms with Crippen LogP contribution >= 0.6 is 0 Å². The van der Waals surface area contributed by atoms with Gasteiger partial charge in [-0.2, -0.15) is 0 Å². The highest BCUT2D eigenvalue weighted by molar-refractivity contribution is 5.27. The Morgan fingerprint density at radius 1 is 0.786 bits per heavy atom. The third kappa shape index (κ3) is 6.01. The van der Waals surface area contributed by atoms with Crippen LogP contribution in [0.3, 0.4) is 0 Å². The van der Waals surface area contributed by atoms with Crippen LogP contribution in [0.15, 0.2) is 60.9 Å². The third-order valence-corrected chi connectivity index (χ3v) is 4.78.